The fourth-order valence-corrected chi connectivity index (χ4v) is 2.55. The highest BCUT2D eigenvalue weighted by molar-refractivity contribution is 8.31. The molecule has 0 heterocycles. The molecule has 0 aromatic carbocycles. The van der Waals surface area contributed by atoms with Gasteiger partial charge in [0.15, 0.2) is 18.5 Å². The van der Waals surface area contributed by atoms with E-state index in [1.807, 2.05) is 4.13 Å². The van der Waals surface area contributed by atoms with Crippen LogP contribution in [-0.2, 0) is 18.5 Å². The van der Waals surface area contributed by atoms with E-state index in [-0.39, 0.29) is 0 Å². The molecule has 0 spiro atoms. The van der Waals surface area contributed by atoms with Crippen LogP contribution in [0.5, 0.6) is 0 Å². The average Bonchev–Trinajstić information content (AvgIpc) is 1.14. The van der Waals surface area contributed by atoms with Gasteiger partial charge in [-0.05, 0) is 0 Å². The minimum atomic E-state index is -4.40. The lowest BCUT2D eigenvalue weighted by atomic mass is 13.9. The molecule has 0 aromatic rings. The molecular weight excluding hydrogens is 213 g/mol. The molecule has 0 rings (SSSR count). The van der Waals surface area contributed by atoms with Crippen LogP contribution in [0, 0.1) is 0 Å². The second-order valence-electron chi connectivity index (χ2n) is 0.899. The number of rotatable bonds is 2. The van der Waals surface area contributed by atoms with E-state index in [0.29, 0.717) is 0 Å². The van der Waals surface area contributed by atoms with Crippen LogP contribution in [0.4, 0.5) is 0 Å². The van der Waals surface area contributed by atoms with Gasteiger partial charge in [0.25, 0.3) is 0 Å². The van der Waals surface area contributed by atoms with Crippen molar-refractivity contribution in [2.24, 2.45) is 0 Å². The van der Waals surface area contributed by atoms with E-state index >= 15 is 0 Å². The standard InChI is InChI=1S/Cl2NO4S2/c1-8(4,5)3-9(2,6)7/q-1. The van der Waals surface area contributed by atoms with E-state index in [1.165, 1.54) is 0 Å². The van der Waals surface area contributed by atoms with Gasteiger partial charge >= 0.3 is 0 Å². The lowest BCUT2D eigenvalue weighted by Gasteiger charge is -2.07. The second-order valence-corrected chi connectivity index (χ2v) is 5.48. The quantitative estimate of drug-likeness (QED) is 0.618. The molecule has 0 amide bonds. The normalized spacial score (nSPS) is 13.6. The largest absolute Gasteiger partial charge is 0.408 e. The topological polar surface area (TPSA) is 82.4 Å². The van der Waals surface area contributed by atoms with Crippen molar-refractivity contribution in [2.75, 3.05) is 0 Å². The molecule has 0 atom stereocenters. The number of halogens is 2. The Bertz CT molecular complexity index is 242. The predicted molar refractivity (Wildman–Crippen MR) is 32.9 cm³/mol. The van der Waals surface area contributed by atoms with Crippen LogP contribution in [0.2, 0.25) is 0 Å². The first kappa shape index (κ1) is 9.44. The Hall–Kier alpha value is 0.440. The molecule has 0 aromatic heterocycles. The highest BCUT2D eigenvalue weighted by atomic mass is 35.7. The molecule has 0 unspecified atom stereocenters. The van der Waals surface area contributed by atoms with E-state index in [9.17, 15) is 16.8 Å². The van der Waals surface area contributed by atoms with Crippen molar-refractivity contribution in [1.29, 1.82) is 0 Å². The summed E-state index contributed by atoms with van der Waals surface area (Å²) < 4.78 is 41.1. The van der Waals surface area contributed by atoms with Crippen LogP contribution in [0.25, 0.3) is 4.13 Å². The van der Waals surface area contributed by atoms with Gasteiger partial charge in [0, 0.05) is 21.4 Å². The van der Waals surface area contributed by atoms with Crippen molar-refractivity contribution in [1.82, 2.24) is 0 Å². The van der Waals surface area contributed by atoms with E-state index in [4.69, 9.17) is 0 Å². The summed E-state index contributed by atoms with van der Waals surface area (Å²) in [5.41, 5.74) is 0. The van der Waals surface area contributed by atoms with Crippen LogP contribution >= 0.6 is 21.4 Å². The summed E-state index contributed by atoms with van der Waals surface area (Å²) in [6.07, 6.45) is 0. The van der Waals surface area contributed by atoms with Crippen molar-refractivity contribution in [3.8, 4) is 0 Å². The molecule has 0 saturated heterocycles. The summed E-state index contributed by atoms with van der Waals surface area (Å²) in [6, 6.07) is 0. The van der Waals surface area contributed by atoms with Crippen molar-refractivity contribution < 1.29 is 16.8 Å². The Labute approximate surface area is 61.1 Å². The van der Waals surface area contributed by atoms with Crippen LogP contribution < -0.4 is 0 Å². The van der Waals surface area contributed by atoms with Gasteiger partial charge in [0.05, 0.1) is 0 Å². The maximum Gasteiger partial charge on any atom is 0.168 e. The van der Waals surface area contributed by atoms with Gasteiger partial charge < -0.3 is 4.13 Å². The molecule has 0 aliphatic carbocycles. The molecule has 9 heteroatoms. The van der Waals surface area contributed by atoms with E-state index < -0.39 is 18.5 Å². The fraction of sp³-hybridized carbons (Fsp3) is 0. The molecule has 0 radical (unpaired) electrons. The van der Waals surface area contributed by atoms with Crippen molar-refractivity contribution in [2.45, 2.75) is 0 Å². The number of hydrogen-bond acceptors (Lipinski definition) is 4. The smallest absolute Gasteiger partial charge is 0.168 e. The molecule has 0 aliphatic heterocycles. The fourth-order valence-electron chi connectivity index (χ4n) is 0.106. The van der Waals surface area contributed by atoms with Crippen LogP contribution in [0.15, 0.2) is 0 Å². The first-order valence-corrected chi connectivity index (χ1v) is 5.87. The first-order chi connectivity index (χ1) is 3.71. The zero-order valence-corrected chi connectivity index (χ0v) is 6.80. The Morgan fingerprint density at radius 3 is 1.11 bits per heavy atom. The third-order valence-electron chi connectivity index (χ3n) is 0.178. The van der Waals surface area contributed by atoms with E-state index in [2.05, 4.69) is 21.4 Å². The van der Waals surface area contributed by atoms with Gasteiger partial charge in [-0.2, -0.15) is 0 Å². The highest BCUT2D eigenvalue weighted by Crippen LogP contribution is 2.16. The van der Waals surface area contributed by atoms with Crippen LogP contribution in [-0.4, -0.2) is 16.8 Å². The monoisotopic (exact) mass is 212 g/mol. The summed E-state index contributed by atoms with van der Waals surface area (Å²) in [5, 5.41) is 0. The molecule has 0 N–H and O–H groups in total. The van der Waals surface area contributed by atoms with Gasteiger partial charge in [-0.3, -0.25) is 0 Å². The Morgan fingerprint density at radius 1 is 0.889 bits per heavy atom. The van der Waals surface area contributed by atoms with Crippen molar-refractivity contribution in [3.63, 3.8) is 0 Å². The third kappa shape index (κ3) is 8.44. The van der Waals surface area contributed by atoms with Gasteiger partial charge in [0.1, 0.15) is 0 Å². The summed E-state index contributed by atoms with van der Waals surface area (Å²) in [7, 11) is -0.0895. The summed E-state index contributed by atoms with van der Waals surface area (Å²) in [4.78, 5) is 0. The molecule has 0 aliphatic rings. The highest BCUT2D eigenvalue weighted by Gasteiger charge is 1.97. The maximum absolute atomic E-state index is 9.78. The summed E-state index contributed by atoms with van der Waals surface area (Å²) >= 11 is 0. The second kappa shape index (κ2) is 2.59. The number of hydrogen-bond donors (Lipinski definition) is 0. The molecule has 0 bridgehead atoms. The zero-order valence-electron chi connectivity index (χ0n) is 3.65. The van der Waals surface area contributed by atoms with Gasteiger partial charge in [-0.1, -0.05) is 0 Å². The molecular formula is Cl2NO4S2-. The SMILES string of the molecule is O=S(=O)(Cl)[N-]S(=O)(=O)Cl. The van der Waals surface area contributed by atoms with E-state index in [0.717, 1.165) is 0 Å². The molecule has 9 heavy (non-hydrogen) atoms. The van der Waals surface area contributed by atoms with Crippen molar-refractivity contribution >= 4 is 39.8 Å². The summed E-state index contributed by atoms with van der Waals surface area (Å²) in [5.74, 6) is 0. The van der Waals surface area contributed by atoms with Gasteiger partial charge in [-0.15, -0.1) is 0 Å². The van der Waals surface area contributed by atoms with Gasteiger partial charge in [-0.25, -0.2) is 16.8 Å². The van der Waals surface area contributed by atoms with Crippen molar-refractivity contribution in [3.05, 3.63) is 4.13 Å². The van der Waals surface area contributed by atoms with Gasteiger partial charge in [0.2, 0.25) is 0 Å². The summed E-state index contributed by atoms with van der Waals surface area (Å²) in [6.45, 7) is 0. The Morgan fingerprint density at radius 2 is 1.11 bits per heavy atom. The molecule has 0 saturated carbocycles. The van der Waals surface area contributed by atoms with Crippen LogP contribution in [0.3, 0.4) is 0 Å². The lowest BCUT2D eigenvalue weighted by Crippen LogP contribution is -1.92. The number of nitrogens with zero attached hydrogens (tertiary/aromatic N) is 1. The average molecular weight is 213 g/mol. The molecule has 5 nitrogen and oxygen atoms in total. The lowest BCUT2D eigenvalue weighted by molar-refractivity contribution is 0.609. The minimum Gasteiger partial charge on any atom is -0.408 e. The Kier molecular flexibility index (Phi) is 2.71. The minimum absolute atomic E-state index is 2.02. The molecule has 56 valence electrons. The predicted octanol–water partition coefficient (Wildman–Crippen LogP) is 0.327. The molecule has 0 fully saturated rings. The zero-order chi connectivity index (χ0) is 7.71. The van der Waals surface area contributed by atoms with Crippen LogP contribution in [0.1, 0.15) is 0 Å². The van der Waals surface area contributed by atoms with E-state index in [1.54, 1.807) is 0 Å². The maximum atomic E-state index is 9.78. The Balaban J connectivity index is 4.46. The first-order valence-electron chi connectivity index (χ1n) is 1.34. The third-order valence-corrected chi connectivity index (χ3v) is 2.62.